The Labute approximate surface area is 184 Å². The van der Waals surface area contributed by atoms with E-state index in [1.54, 1.807) is 18.3 Å². The molecule has 2 aliphatic heterocycles. The summed E-state index contributed by atoms with van der Waals surface area (Å²) < 4.78 is 5.88. The first kappa shape index (κ1) is 19.7. The molecule has 30 heavy (non-hydrogen) atoms. The zero-order valence-corrected chi connectivity index (χ0v) is 18.6. The number of amides is 1. The molecule has 1 N–H and O–H groups in total. The van der Waals surface area contributed by atoms with Crippen LogP contribution >= 0.6 is 34.4 Å². The number of imidazole rings is 1. The molecule has 156 valence electrons. The van der Waals surface area contributed by atoms with Gasteiger partial charge >= 0.3 is 0 Å². The molecule has 1 saturated heterocycles. The summed E-state index contributed by atoms with van der Waals surface area (Å²) in [7, 11) is 1.97. The molecule has 0 aliphatic carbocycles. The summed E-state index contributed by atoms with van der Waals surface area (Å²) in [5, 5.41) is 23.7. The van der Waals surface area contributed by atoms with Gasteiger partial charge in [0.15, 0.2) is 4.34 Å². The normalized spacial score (nSPS) is 22.0. The molecule has 0 aromatic carbocycles. The number of aliphatic hydroxyl groups excluding tert-OH is 1. The third kappa shape index (κ3) is 3.08. The molecule has 0 spiro atoms. The second kappa shape index (κ2) is 7.19. The lowest BCUT2D eigenvalue weighted by molar-refractivity contribution is -0.671. The summed E-state index contributed by atoms with van der Waals surface area (Å²) in [6, 6.07) is -0.320. The van der Waals surface area contributed by atoms with Crippen molar-refractivity contribution in [1.29, 1.82) is 0 Å². The number of aromatic nitrogens is 3. The molecule has 3 aromatic rings. The monoisotopic (exact) mass is 462 g/mol. The van der Waals surface area contributed by atoms with Gasteiger partial charge in [0.05, 0.1) is 36.8 Å². The molecule has 11 heteroatoms. The number of β-lactam (4-membered cyclic amide) rings is 1. The van der Waals surface area contributed by atoms with Crippen LogP contribution in [0, 0.1) is 5.92 Å². The van der Waals surface area contributed by atoms with Crippen LogP contribution in [0.15, 0.2) is 39.0 Å². The minimum atomic E-state index is -1.36. The maximum absolute atomic E-state index is 12.3. The number of nitrogens with zero attached hydrogens (tertiary/aromatic N) is 4. The van der Waals surface area contributed by atoms with E-state index >= 15 is 0 Å². The number of carboxylic acids is 1. The predicted octanol–water partition coefficient (Wildman–Crippen LogP) is 0.697. The van der Waals surface area contributed by atoms with Crippen molar-refractivity contribution in [2.75, 3.05) is 0 Å². The Morgan fingerprint density at radius 2 is 2.33 bits per heavy atom. The van der Waals surface area contributed by atoms with Crippen molar-refractivity contribution in [3.63, 3.8) is 0 Å². The van der Waals surface area contributed by atoms with Crippen molar-refractivity contribution in [2.45, 2.75) is 36.4 Å². The summed E-state index contributed by atoms with van der Waals surface area (Å²) in [4.78, 5) is 30.7. The van der Waals surface area contributed by atoms with Crippen LogP contribution in [0.1, 0.15) is 18.9 Å². The van der Waals surface area contributed by atoms with Gasteiger partial charge in [-0.1, -0.05) is 23.1 Å². The van der Waals surface area contributed by atoms with Crippen LogP contribution in [0.5, 0.6) is 0 Å². The maximum Gasteiger partial charge on any atom is 0.243 e. The van der Waals surface area contributed by atoms with Crippen LogP contribution < -0.4 is 9.67 Å². The quantitative estimate of drug-likeness (QED) is 0.427. The number of carbonyl (C=O) groups excluding carboxylic acids is 2. The Bertz CT molecular complexity index is 1210. The van der Waals surface area contributed by atoms with Crippen molar-refractivity contribution in [2.24, 2.45) is 13.0 Å². The smallest absolute Gasteiger partial charge is 0.243 e. The summed E-state index contributed by atoms with van der Waals surface area (Å²) in [5.41, 5.74) is 1.96. The SMILES string of the molecule is C[C@@H](O)[C@H]1C(=O)N2C(C(=O)[O-])=C(Sc3nc4c(Cn5cc[n+](C)c5)csc4s3)C[C@H]12. The second-order valence-electron chi connectivity index (χ2n) is 7.54. The van der Waals surface area contributed by atoms with E-state index < -0.39 is 18.0 Å². The molecule has 1 amide bonds. The minimum Gasteiger partial charge on any atom is -0.543 e. The standard InChI is InChI=1S/C19H18N4O4S3/c1-9(24)13-11-5-12(15(17(26)27)23(11)16(13)25)29-19-20-14-10(7-28-18(14)30-19)6-22-4-3-21(2)8-22/h3-4,7-9,11,13,24H,5-6H2,1-2H3/t9-,11-,13-/m1/s1. The van der Waals surface area contributed by atoms with Crippen LogP contribution in [-0.2, 0) is 23.2 Å². The van der Waals surface area contributed by atoms with Crippen molar-refractivity contribution in [1.82, 2.24) is 14.5 Å². The van der Waals surface area contributed by atoms with Gasteiger partial charge in [0.1, 0.15) is 28.5 Å². The van der Waals surface area contributed by atoms with Gasteiger partial charge in [-0.25, -0.2) is 14.1 Å². The van der Waals surface area contributed by atoms with Crippen LogP contribution in [0.3, 0.4) is 0 Å². The van der Waals surface area contributed by atoms with Crippen molar-refractivity contribution < 1.29 is 24.4 Å². The highest BCUT2D eigenvalue weighted by Gasteiger charge is 2.55. The summed E-state index contributed by atoms with van der Waals surface area (Å²) >= 11 is 4.43. The van der Waals surface area contributed by atoms with E-state index in [-0.39, 0.29) is 17.6 Å². The van der Waals surface area contributed by atoms with Gasteiger partial charge in [-0.05, 0) is 6.92 Å². The summed E-state index contributed by atoms with van der Waals surface area (Å²) in [6.45, 7) is 2.27. The van der Waals surface area contributed by atoms with Gasteiger partial charge < -0.3 is 19.9 Å². The van der Waals surface area contributed by atoms with Gasteiger partial charge in [-0.2, -0.15) is 0 Å². The predicted molar refractivity (Wildman–Crippen MR) is 111 cm³/mol. The van der Waals surface area contributed by atoms with Gasteiger partial charge in [0, 0.05) is 22.3 Å². The van der Waals surface area contributed by atoms with E-state index in [9.17, 15) is 19.8 Å². The molecule has 3 atom stereocenters. The van der Waals surface area contributed by atoms with Gasteiger partial charge in [0.2, 0.25) is 12.2 Å². The van der Waals surface area contributed by atoms with Crippen LogP contribution in [-0.4, -0.2) is 43.6 Å². The highest BCUT2D eigenvalue weighted by molar-refractivity contribution is 8.04. The van der Waals surface area contributed by atoms with E-state index in [1.807, 2.05) is 30.3 Å². The van der Waals surface area contributed by atoms with Gasteiger partial charge in [-0.15, -0.1) is 11.3 Å². The molecule has 2 aliphatic rings. The molecule has 0 radical (unpaired) electrons. The molecule has 8 nitrogen and oxygen atoms in total. The number of hydrogen-bond donors (Lipinski definition) is 1. The molecule has 3 aromatic heterocycles. The Balaban J connectivity index is 1.41. The molecule has 1 fully saturated rings. The number of thioether (sulfide) groups is 1. The van der Waals surface area contributed by atoms with Gasteiger partial charge in [0.25, 0.3) is 0 Å². The first-order valence-corrected chi connectivity index (χ1v) is 11.9. The number of thiophene rings is 1. The molecule has 5 heterocycles. The zero-order valence-electron chi connectivity index (χ0n) is 16.1. The number of carboxylic acid groups (broad SMARTS) is 1. The highest BCUT2D eigenvalue weighted by Crippen LogP contribution is 2.49. The van der Waals surface area contributed by atoms with E-state index in [2.05, 4.69) is 9.95 Å². The minimum absolute atomic E-state index is 0.0782. The van der Waals surface area contributed by atoms with Crippen LogP contribution in [0.4, 0.5) is 0 Å². The average molecular weight is 463 g/mol. The fraction of sp³-hybridized carbons (Fsp3) is 0.368. The summed E-state index contributed by atoms with van der Waals surface area (Å²) in [5.74, 6) is -2.28. The average Bonchev–Trinajstić information content (AvgIpc) is 3.40. The molecular weight excluding hydrogens is 444 g/mol. The number of rotatable bonds is 6. The zero-order chi connectivity index (χ0) is 21.2. The molecule has 0 bridgehead atoms. The topological polar surface area (TPSA) is 102 Å². The largest absolute Gasteiger partial charge is 0.543 e. The fourth-order valence-corrected chi connectivity index (χ4v) is 7.74. The van der Waals surface area contributed by atoms with Crippen molar-refractivity contribution in [3.8, 4) is 0 Å². The Morgan fingerprint density at radius 3 is 3.00 bits per heavy atom. The molecule has 0 unspecified atom stereocenters. The Kier molecular flexibility index (Phi) is 4.73. The number of aliphatic carboxylic acids is 1. The summed E-state index contributed by atoms with van der Waals surface area (Å²) in [6.07, 6.45) is 5.57. The lowest BCUT2D eigenvalue weighted by atomic mass is 9.83. The van der Waals surface area contributed by atoms with E-state index in [0.29, 0.717) is 17.9 Å². The molecule has 0 saturated carbocycles. The van der Waals surface area contributed by atoms with E-state index in [4.69, 9.17) is 4.98 Å². The molecular formula is C19H18N4O4S3. The lowest BCUT2D eigenvalue weighted by Gasteiger charge is -2.45. The second-order valence-corrected chi connectivity index (χ2v) is 11.0. The third-order valence-electron chi connectivity index (χ3n) is 5.46. The van der Waals surface area contributed by atoms with Crippen LogP contribution in [0.2, 0.25) is 0 Å². The van der Waals surface area contributed by atoms with Crippen molar-refractivity contribution >= 4 is 55.8 Å². The van der Waals surface area contributed by atoms with E-state index in [0.717, 1.165) is 19.4 Å². The number of fused-ring (bicyclic) bond motifs is 2. The molecule has 5 rings (SSSR count). The first-order chi connectivity index (χ1) is 14.3. The number of hydrogen-bond acceptors (Lipinski definition) is 8. The number of aliphatic hydroxyl groups is 1. The Morgan fingerprint density at radius 1 is 1.53 bits per heavy atom. The third-order valence-corrected chi connectivity index (χ3v) is 8.82. The Hall–Kier alpha value is -2.21. The highest BCUT2D eigenvalue weighted by atomic mass is 32.2. The van der Waals surface area contributed by atoms with Crippen LogP contribution in [0.25, 0.3) is 9.53 Å². The van der Waals surface area contributed by atoms with Crippen molar-refractivity contribution in [3.05, 3.63) is 40.3 Å². The fourth-order valence-electron chi connectivity index (χ4n) is 4.12. The number of carbonyl (C=O) groups is 2. The maximum atomic E-state index is 12.3. The lowest BCUT2D eigenvalue weighted by Crippen LogP contribution is -2.62. The van der Waals surface area contributed by atoms with Gasteiger partial charge in [-0.3, -0.25) is 4.79 Å². The first-order valence-electron chi connectivity index (χ1n) is 9.35. The number of aryl methyl sites for hydroxylation is 1. The van der Waals surface area contributed by atoms with E-state index in [1.165, 1.54) is 28.0 Å². The number of thiazole rings is 1.